The molecule has 0 unspecified atom stereocenters. The van der Waals surface area contributed by atoms with Gasteiger partial charge in [0.1, 0.15) is 11.8 Å². The Balaban J connectivity index is 2.37. The van der Waals surface area contributed by atoms with Gasteiger partial charge in [-0.25, -0.2) is 4.98 Å². The molecule has 1 aromatic rings. The summed E-state index contributed by atoms with van der Waals surface area (Å²) in [6, 6.07) is 7.60. The fourth-order valence-electron chi connectivity index (χ4n) is 1.85. The van der Waals surface area contributed by atoms with E-state index in [0.717, 1.165) is 17.1 Å². The maximum Gasteiger partial charge on any atom is 0.140 e. The minimum absolute atomic E-state index is 0.162. The molecule has 0 atom stereocenters. The van der Waals surface area contributed by atoms with Crippen molar-refractivity contribution >= 4 is 0 Å². The van der Waals surface area contributed by atoms with Crippen molar-refractivity contribution in [1.29, 1.82) is 5.26 Å². The van der Waals surface area contributed by atoms with Crippen LogP contribution in [0.15, 0.2) is 41.7 Å². The molecule has 3 heteroatoms. The summed E-state index contributed by atoms with van der Waals surface area (Å²) < 4.78 is 0. The molecule has 0 aliphatic carbocycles. The number of rotatable bonds is 1. The van der Waals surface area contributed by atoms with Gasteiger partial charge >= 0.3 is 0 Å². The molecule has 0 spiro atoms. The van der Waals surface area contributed by atoms with Crippen LogP contribution in [-0.4, -0.2) is 4.98 Å². The fraction of sp³-hybridized carbons (Fsp3) is 0.231. The van der Waals surface area contributed by atoms with E-state index in [4.69, 9.17) is 5.26 Å². The number of hydrogen-bond acceptors (Lipinski definition) is 3. The highest BCUT2D eigenvalue weighted by Gasteiger charge is 2.12. The summed E-state index contributed by atoms with van der Waals surface area (Å²) in [5, 5.41) is 12.0. The molecular formula is C13H13N3. The van der Waals surface area contributed by atoms with Gasteiger partial charge < -0.3 is 5.32 Å². The molecule has 16 heavy (non-hydrogen) atoms. The van der Waals surface area contributed by atoms with Crippen LogP contribution in [0.25, 0.3) is 0 Å². The van der Waals surface area contributed by atoms with Gasteiger partial charge in [0.05, 0.1) is 5.69 Å². The second-order valence-electron chi connectivity index (χ2n) is 3.91. The van der Waals surface area contributed by atoms with Gasteiger partial charge in [0.2, 0.25) is 0 Å². The first-order valence-corrected chi connectivity index (χ1v) is 5.20. The van der Waals surface area contributed by atoms with E-state index >= 15 is 0 Å². The van der Waals surface area contributed by atoms with E-state index in [9.17, 15) is 0 Å². The van der Waals surface area contributed by atoms with E-state index in [2.05, 4.69) is 28.5 Å². The third-order valence-corrected chi connectivity index (χ3v) is 2.48. The van der Waals surface area contributed by atoms with Crippen LogP contribution in [0.1, 0.15) is 31.2 Å². The molecule has 80 valence electrons. The molecule has 2 heterocycles. The minimum Gasteiger partial charge on any atom is -0.363 e. The normalized spacial score (nSPS) is 15.8. The molecule has 3 nitrogen and oxygen atoms in total. The maximum atomic E-state index is 8.81. The zero-order valence-corrected chi connectivity index (χ0v) is 9.36. The Labute approximate surface area is 95.1 Å². The van der Waals surface area contributed by atoms with E-state index in [1.807, 2.05) is 26.0 Å². The lowest BCUT2D eigenvalue weighted by Gasteiger charge is -2.18. The molecule has 0 radical (unpaired) electrons. The van der Waals surface area contributed by atoms with Crippen molar-refractivity contribution in [3.63, 3.8) is 0 Å². The Morgan fingerprint density at radius 1 is 1.25 bits per heavy atom. The standard InChI is InChI=1S/C13H13N3/c1-9-6-11(7-10(2)15-9)13-5-3-4-12(8-14)16-13/h3-7,11,15H,1-2H3. The minimum atomic E-state index is 0.162. The average molecular weight is 211 g/mol. The van der Waals surface area contributed by atoms with Crippen LogP contribution in [0.5, 0.6) is 0 Å². The van der Waals surface area contributed by atoms with Crippen LogP contribution >= 0.6 is 0 Å². The number of hydrogen-bond donors (Lipinski definition) is 1. The Morgan fingerprint density at radius 2 is 1.94 bits per heavy atom. The van der Waals surface area contributed by atoms with Crippen LogP contribution in [0.3, 0.4) is 0 Å². The number of nitrogens with zero attached hydrogens (tertiary/aromatic N) is 2. The van der Waals surface area contributed by atoms with Crippen LogP contribution in [0.2, 0.25) is 0 Å². The van der Waals surface area contributed by atoms with Crippen molar-refractivity contribution in [2.75, 3.05) is 0 Å². The topological polar surface area (TPSA) is 48.7 Å². The third kappa shape index (κ3) is 2.12. The molecule has 2 rings (SSSR count). The fourth-order valence-corrected chi connectivity index (χ4v) is 1.85. The zero-order valence-electron chi connectivity index (χ0n) is 9.36. The molecule has 1 aliphatic rings. The highest BCUT2D eigenvalue weighted by atomic mass is 14.9. The van der Waals surface area contributed by atoms with Gasteiger partial charge in [0, 0.05) is 17.3 Å². The van der Waals surface area contributed by atoms with Crippen LogP contribution < -0.4 is 5.32 Å². The predicted octanol–water partition coefficient (Wildman–Crippen LogP) is 2.45. The highest BCUT2D eigenvalue weighted by Crippen LogP contribution is 2.23. The summed E-state index contributed by atoms with van der Waals surface area (Å²) in [7, 11) is 0. The van der Waals surface area contributed by atoms with Gasteiger partial charge in [-0.3, -0.25) is 0 Å². The number of pyridine rings is 1. The quantitative estimate of drug-likeness (QED) is 0.776. The number of dihydropyridines is 1. The summed E-state index contributed by atoms with van der Waals surface area (Å²) in [5.74, 6) is 0.162. The van der Waals surface area contributed by atoms with Crippen LogP contribution in [0.4, 0.5) is 0 Å². The van der Waals surface area contributed by atoms with Crippen molar-refractivity contribution < 1.29 is 0 Å². The SMILES string of the molecule is CC1=CC(c2cccc(C#N)n2)C=C(C)N1. The van der Waals surface area contributed by atoms with Crippen molar-refractivity contribution in [3.8, 4) is 6.07 Å². The van der Waals surface area contributed by atoms with Gasteiger partial charge in [-0.05, 0) is 26.0 Å². The Morgan fingerprint density at radius 3 is 2.56 bits per heavy atom. The molecule has 0 amide bonds. The number of allylic oxidation sites excluding steroid dienone is 4. The molecule has 1 aliphatic heterocycles. The zero-order chi connectivity index (χ0) is 11.5. The lowest BCUT2D eigenvalue weighted by Crippen LogP contribution is -2.15. The monoisotopic (exact) mass is 211 g/mol. The summed E-state index contributed by atoms with van der Waals surface area (Å²) in [6.45, 7) is 4.05. The second kappa shape index (κ2) is 4.19. The van der Waals surface area contributed by atoms with Gasteiger partial charge in [0.15, 0.2) is 0 Å². The van der Waals surface area contributed by atoms with E-state index in [0.29, 0.717) is 5.69 Å². The summed E-state index contributed by atoms with van der Waals surface area (Å²) in [4.78, 5) is 4.31. The smallest absolute Gasteiger partial charge is 0.140 e. The van der Waals surface area contributed by atoms with E-state index < -0.39 is 0 Å². The second-order valence-corrected chi connectivity index (χ2v) is 3.91. The first-order chi connectivity index (χ1) is 7.69. The summed E-state index contributed by atoms with van der Waals surface area (Å²) >= 11 is 0. The van der Waals surface area contributed by atoms with Crippen molar-refractivity contribution in [2.45, 2.75) is 19.8 Å². The Hall–Kier alpha value is -2.08. The Bertz CT molecular complexity index is 488. The predicted molar refractivity (Wildman–Crippen MR) is 62.3 cm³/mol. The summed E-state index contributed by atoms with van der Waals surface area (Å²) in [5.41, 5.74) is 3.62. The average Bonchev–Trinajstić information content (AvgIpc) is 2.28. The third-order valence-electron chi connectivity index (χ3n) is 2.48. The molecule has 1 aromatic heterocycles. The van der Waals surface area contributed by atoms with Crippen LogP contribution in [0, 0.1) is 11.3 Å². The molecule has 1 N–H and O–H groups in total. The largest absolute Gasteiger partial charge is 0.363 e. The van der Waals surface area contributed by atoms with Crippen molar-refractivity contribution in [1.82, 2.24) is 10.3 Å². The van der Waals surface area contributed by atoms with Gasteiger partial charge in [-0.1, -0.05) is 18.2 Å². The number of nitrogens with one attached hydrogen (secondary N) is 1. The van der Waals surface area contributed by atoms with E-state index in [1.54, 1.807) is 6.07 Å². The molecule has 0 fully saturated rings. The molecular weight excluding hydrogens is 198 g/mol. The summed E-state index contributed by atoms with van der Waals surface area (Å²) in [6.07, 6.45) is 4.22. The Kier molecular flexibility index (Phi) is 2.74. The van der Waals surface area contributed by atoms with Gasteiger partial charge in [0.25, 0.3) is 0 Å². The van der Waals surface area contributed by atoms with Crippen LogP contribution in [-0.2, 0) is 0 Å². The lowest BCUT2D eigenvalue weighted by molar-refractivity contribution is 0.849. The maximum absolute atomic E-state index is 8.81. The van der Waals surface area contributed by atoms with Crippen molar-refractivity contribution in [2.24, 2.45) is 0 Å². The van der Waals surface area contributed by atoms with Crippen molar-refractivity contribution in [3.05, 3.63) is 53.1 Å². The number of aromatic nitrogens is 1. The molecule has 0 aromatic carbocycles. The van der Waals surface area contributed by atoms with Gasteiger partial charge in [-0.2, -0.15) is 5.26 Å². The highest BCUT2D eigenvalue weighted by molar-refractivity contribution is 5.33. The van der Waals surface area contributed by atoms with Gasteiger partial charge in [-0.15, -0.1) is 0 Å². The van der Waals surface area contributed by atoms with E-state index in [1.165, 1.54) is 0 Å². The molecule has 0 saturated heterocycles. The molecule has 0 saturated carbocycles. The number of nitriles is 1. The first kappa shape index (κ1) is 10.4. The van der Waals surface area contributed by atoms with E-state index in [-0.39, 0.29) is 5.92 Å². The first-order valence-electron chi connectivity index (χ1n) is 5.20. The lowest BCUT2D eigenvalue weighted by atomic mass is 9.99. The molecule has 0 bridgehead atoms.